The third kappa shape index (κ3) is 3.90. The summed E-state index contributed by atoms with van der Waals surface area (Å²) in [5.41, 5.74) is 1.53. The molecule has 2 aromatic carbocycles. The number of aromatic nitrogens is 1. The highest BCUT2D eigenvalue weighted by Crippen LogP contribution is 2.32. The maximum absolute atomic E-state index is 12.8. The van der Waals surface area contributed by atoms with Gasteiger partial charge in [-0.1, -0.05) is 34.5 Å². The van der Waals surface area contributed by atoms with Gasteiger partial charge < -0.3 is 9.80 Å². The molecular formula is C19H17Cl2N3OS2. The molecule has 140 valence electrons. The number of hydrogen-bond acceptors (Lipinski definition) is 5. The second-order valence-corrected chi connectivity index (χ2v) is 8.97. The van der Waals surface area contributed by atoms with Crippen molar-refractivity contribution in [2.45, 2.75) is 4.90 Å². The van der Waals surface area contributed by atoms with Crippen LogP contribution in [-0.2, 0) is 0 Å². The highest BCUT2D eigenvalue weighted by Gasteiger charge is 2.25. The molecule has 0 unspecified atom stereocenters. The van der Waals surface area contributed by atoms with Crippen LogP contribution in [0.4, 0.5) is 5.13 Å². The van der Waals surface area contributed by atoms with Crippen LogP contribution in [0.3, 0.4) is 0 Å². The van der Waals surface area contributed by atoms with Crippen molar-refractivity contribution in [3.8, 4) is 0 Å². The largest absolute Gasteiger partial charge is 0.345 e. The molecular weight excluding hydrogens is 421 g/mol. The van der Waals surface area contributed by atoms with Gasteiger partial charge in [-0.25, -0.2) is 4.98 Å². The lowest BCUT2D eigenvalue weighted by molar-refractivity contribution is 0.0747. The first kappa shape index (κ1) is 18.9. The highest BCUT2D eigenvalue weighted by atomic mass is 35.5. The smallest absolute Gasteiger partial charge is 0.255 e. The van der Waals surface area contributed by atoms with E-state index in [2.05, 4.69) is 29.4 Å². The van der Waals surface area contributed by atoms with E-state index in [1.54, 1.807) is 41.3 Å². The molecule has 27 heavy (non-hydrogen) atoms. The lowest BCUT2D eigenvalue weighted by Crippen LogP contribution is -2.48. The van der Waals surface area contributed by atoms with E-state index in [-0.39, 0.29) is 5.91 Å². The van der Waals surface area contributed by atoms with E-state index in [0.29, 0.717) is 28.7 Å². The van der Waals surface area contributed by atoms with Gasteiger partial charge in [-0.05, 0) is 42.7 Å². The fourth-order valence-electron chi connectivity index (χ4n) is 3.09. The van der Waals surface area contributed by atoms with Gasteiger partial charge in [-0.2, -0.15) is 0 Å². The fourth-order valence-corrected chi connectivity index (χ4v) is 5.15. The molecule has 3 aromatic rings. The lowest BCUT2D eigenvalue weighted by atomic mass is 10.2. The van der Waals surface area contributed by atoms with E-state index in [0.717, 1.165) is 23.7 Å². The number of nitrogens with zero attached hydrogens (tertiary/aromatic N) is 3. The van der Waals surface area contributed by atoms with Crippen molar-refractivity contribution in [3.05, 3.63) is 52.0 Å². The van der Waals surface area contributed by atoms with Crippen molar-refractivity contribution in [2.75, 3.05) is 37.3 Å². The molecule has 0 aliphatic carbocycles. The number of thioether (sulfide) groups is 1. The third-order valence-corrected chi connectivity index (χ3v) is 6.94. The molecule has 1 aliphatic heterocycles. The fraction of sp³-hybridized carbons (Fsp3) is 0.263. The summed E-state index contributed by atoms with van der Waals surface area (Å²) in [4.78, 5) is 22.8. The Hall–Kier alpha value is -1.47. The average Bonchev–Trinajstić information content (AvgIpc) is 3.11. The Balaban J connectivity index is 1.46. The lowest BCUT2D eigenvalue weighted by Gasteiger charge is -2.34. The molecule has 1 saturated heterocycles. The van der Waals surface area contributed by atoms with Crippen LogP contribution in [0.1, 0.15) is 10.4 Å². The minimum absolute atomic E-state index is 0.0507. The quantitative estimate of drug-likeness (QED) is 0.521. The maximum Gasteiger partial charge on any atom is 0.255 e. The van der Waals surface area contributed by atoms with Crippen LogP contribution >= 0.6 is 46.3 Å². The minimum Gasteiger partial charge on any atom is -0.345 e. The number of anilines is 1. The van der Waals surface area contributed by atoms with E-state index >= 15 is 0 Å². The van der Waals surface area contributed by atoms with Crippen molar-refractivity contribution >= 4 is 67.6 Å². The number of carbonyl (C=O) groups excluding carboxylic acids is 1. The zero-order valence-electron chi connectivity index (χ0n) is 14.6. The number of halogens is 2. The zero-order valence-corrected chi connectivity index (χ0v) is 17.8. The number of amides is 1. The first-order valence-electron chi connectivity index (χ1n) is 8.49. The zero-order chi connectivity index (χ0) is 19.0. The summed E-state index contributed by atoms with van der Waals surface area (Å²) in [6.45, 7) is 2.80. The number of fused-ring (bicyclic) bond motifs is 1. The maximum atomic E-state index is 12.8. The van der Waals surface area contributed by atoms with Crippen LogP contribution in [0.5, 0.6) is 0 Å². The van der Waals surface area contributed by atoms with E-state index in [9.17, 15) is 4.79 Å². The molecule has 0 bridgehead atoms. The third-order valence-electron chi connectivity index (χ3n) is 4.58. The molecule has 8 heteroatoms. The Bertz CT molecular complexity index is 1000. The predicted molar refractivity (Wildman–Crippen MR) is 116 cm³/mol. The molecule has 0 N–H and O–H groups in total. The monoisotopic (exact) mass is 437 g/mol. The number of benzene rings is 2. The molecule has 0 radical (unpaired) electrons. The highest BCUT2D eigenvalue weighted by molar-refractivity contribution is 7.98. The molecule has 0 atom stereocenters. The summed E-state index contributed by atoms with van der Waals surface area (Å²) in [5.74, 6) is -0.0507. The van der Waals surface area contributed by atoms with E-state index in [1.807, 2.05) is 4.90 Å². The van der Waals surface area contributed by atoms with Gasteiger partial charge in [0.15, 0.2) is 5.13 Å². The number of thiazole rings is 1. The van der Waals surface area contributed by atoms with Gasteiger partial charge >= 0.3 is 0 Å². The van der Waals surface area contributed by atoms with Crippen LogP contribution < -0.4 is 4.90 Å². The normalized spacial score (nSPS) is 14.8. The second-order valence-electron chi connectivity index (χ2n) is 6.23. The van der Waals surface area contributed by atoms with Crippen molar-refractivity contribution in [1.29, 1.82) is 0 Å². The molecule has 4 rings (SSSR count). The Morgan fingerprint density at radius 1 is 1.11 bits per heavy atom. The number of piperazine rings is 1. The molecule has 0 saturated carbocycles. The molecule has 4 nitrogen and oxygen atoms in total. The molecule has 1 fully saturated rings. The summed E-state index contributed by atoms with van der Waals surface area (Å²) < 4.78 is 1.20. The number of hydrogen-bond donors (Lipinski definition) is 0. The van der Waals surface area contributed by atoms with Crippen LogP contribution in [0.2, 0.25) is 10.0 Å². The number of rotatable bonds is 3. The van der Waals surface area contributed by atoms with Gasteiger partial charge in [0.2, 0.25) is 0 Å². The van der Waals surface area contributed by atoms with Gasteiger partial charge in [-0.3, -0.25) is 4.79 Å². The first-order valence-corrected chi connectivity index (χ1v) is 11.3. The van der Waals surface area contributed by atoms with Gasteiger partial charge in [0, 0.05) is 36.1 Å². The Morgan fingerprint density at radius 3 is 2.59 bits per heavy atom. The van der Waals surface area contributed by atoms with Crippen LogP contribution in [-0.4, -0.2) is 48.2 Å². The number of carbonyl (C=O) groups is 1. The molecule has 1 amide bonds. The van der Waals surface area contributed by atoms with Crippen LogP contribution in [0.25, 0.3) is 10.2 Å². The summed E-state index contributed by atoms with van der Waals surface area (Å²) in [7, 11) is 0. The summed E-state index contributed by atoms with van der Waals surface area (Å²) in [5, 5.41) is 1.94. The predicted octanol–water partition coefficient (Wildman–Crippen LogP) is 5.29. The second kappa shape index (κ2) is 7.87. The Morgan fingerprint density at radius 2 is 1.89 bits per heavy atom. The van der Waals surface area contributed by atoms with Crippen molar-refractivity contribution in [1.82, 2.24) is 9.88 Å². The Kier molecular flexibility index (Phi) is 5.50. The summed E-state index contributed by atoms with van der Waals surface area (Å²) in [6, 6.07) is 11.4. The van der Waals surface area contributed by atoms with Crippen molar-refractivity contribution in [2.24, 2.45) is 0 Å². The Labute approximate surface area is 176 Å². The summed E-state index contributed by atoms with van der Waals surface area (Å²) >= 11 is 15.5. The van der Waals surface area contributed by atoms with Gasteiger partial charge in [0.25, 0.3) is 5.91 Å². The molecule has 1 aromatic heterocycles. The minimum atomic E-state index is -0.0507. The van der Waals surface area contributed by atoms with Crippen LogP contribution in [0.15, 0.2) is 41.3 Å². The van der Waals surface area contributed by atoms with Gasteiger partial charge in [0.1, 0.15) is 0 Å². The van der Waals surface area contributed by atoms with Gasteiger partial charge in [-0.15, -0.1) is 11.8 Å². The van der Waals surface area contributed by atoms with E-state index < -0.39 is 0 Å². The van der Waals surface area contributed by atoms with Gasteiger partial charge in [0.05, 0.1) is 20.8 Å². The van der Waals surface area contributed by atoms with E-state index in [4.69, 9.17) is 28.2 Å². The summed E-state index contributed by atoms with van der Waals surface area (Å²) in [6.07, 6.45) is 2.08. The van der Waals surface area contributed by atoms with Crippen molar-refractivity contribution in [3.63, 3.8) is 0 Å². The topological polar surface area (TPSA) is 36.4 Å². The molecule has 2 heterocycles. The SMILES string of the molecule is CSc1ccc2nc(N3CCN(C(=O)c4ccc(Cl)cc4Cl)CC3)sc2c1. The first-order chi connectivity index (χ1) is 13.0. The molecule has 0 spiro atoms. The standard InChI is InChI=1S/C19H17Cl2N3OS2/c1-26-13-3-5-16-17(11-13)27-19(22-16)24-8-6-23(7-9-24)18(25)14-4-2-12(20)10-15(14)21/h2-5,10-11H,6-9H2,1H3. The molecule has 1 aliphatic rings. The average molecular weight is 438 g/mol. The van der Waals surface area contributed by atoms with Crippen LogP contribution in [0, 0.1) is 0 Å². The van der Waals surface area contributed by atoms with E-state index in [1.165, 1.54) is 9.60 Å². The van der Waals surface area contributed by atoms with Crippen molar-refractivity contribution < 1.29 is 4.79 Å².